The summed E-state index contributed by atoms with van der Waals surface area (Å²) in [5.74, 6) is 0.346. The lowest BCUT2D eigenvalue weighted by Crippen LogP contribution is -2.41. The highest BCUT2D eigenvalue weighted by atomic mass is 32.2. The van der Waals surface area contributed by atoms with Gasteiger partial charge in [0.2, 0.25) is 15.9 Å². The Balaban J connectivity index is 1.32. The molecule has 0 spiro atoms. The molecular weight excluding hydrogens is 426 g/mol. The lowest BCUT2D eigenvalue weighted by molar-refractivity contribution is -0.120. The Kier molecular flexibility index (Phi) is 6.89. The van der Waals surface area contributed by atoms with E-state index in [9.17, 15) is 18.5 Å². The SMILES string of the molecule is N#Cc1ccccc1S(=O)(=O)N1CCC(C(=O)Nc2cccc(COCC3CC3)c2)CC1. The monoisotopic (exact) mass is 453 g/mol. The Bertz CT molecular complexity index is 1110. The van der Waals surface area contributed by atoms with Gasteiger partial charge in [0.1, 0.15) is 6.07 Å². The predicted molar refractivity (Wildman–Crippen MR) is 120 cm³/mol. The second-order valence-electron chi connectivity index (χ2n) is 8.43. The molecule has 0 atom stereocenters. The van der Waals surface area contributed by atoms with E-state index in [1.165, 1.54) is 29.3 Å². The van der Waals surface area contributed by atoms with Crippen molar-refractivity contribution in [1.82, 2.24) is 4.31 Å². The van der Waals surface area contributed by atoms with Crippen LogP contribution < -0.4 is 5.32 Å². The third-order valence-electron chi connectivity index (χ3n) is 5.96. The van der Waals surface area contributed by atoms with Crippen molar-refractivity contribution in [1.29, 1.82) is 5.26 Å². The summed E-state index contributed by atoms with van der Waals surface area (Å²) in [7, 11) is -3.76. The Morgan fingerprint density at radius 2 is 1.84 bits per heavy atom. The first kappa shape index (κ1) is 22.5. The Hall–Kier alpha value is -2.73. The fourth-order valence-corrected chi connectivity index (χ4v) is 5.50. The molecule has 0 unspecified atom stereocenters. The van der Waals surface area contributed by atoms with Crippen molar-refractivity contribution in [2.24, 2.45) is 11.8 Å². The molecular formula is C24H27N3O4S. The molecule has 1 saturated heterocycles. The number of hydrogen-bond donors (Lipinski definition) is 1. The highest BCUT2D eigenvalue weighted by Gasteiger charge is 2.33. The molecule has 0 aromatic heterocycles. The third-order valence-corrected chi connectivity index (χ3v) is 7.92. The summed E-state index contributed by atoms with van der Waals surface area (Å²) in [6.07, 6.45) is 3.37. The number of hydrogen-bond acceptors (Lipinski definition) is 5. The summed E-state index contributed by atoms with van der Waals surface area (Å²) in [5.41, 5.74) is 1.87. The van der Waals surface area contributed by atoms with Crippen molar-refractivity contribution in [3.05, 3.63) is 59.7 Å². The summed E-state index contributed by atoms with van der Waals surface area (Å²) in [6.45, 7) is 1.81. The summed E-state index contributed by atoms with van der Waals surface area (Å²) in [6, 6.07) is 15.8. The maximum absolute atomic E-state index is 13.0. The number of nitrogens with one attached hydrogen (secondary N) is 1. The van der Waals surface area contributed by atoms with Gasteiger partial charge in [-0.1, -0.05) is 24.3 Å². The van der Waals surface area contributed by atoms with Crippen molar-refractivity contribution in [2.75, 3.05) is 25.0 Å². The van der Waals surface area contributed by atoms with E-state index in [0.717, 1.165) is 17.9 Å². The van der Waals surface area contributed by atoms with E-state index in [0.29, 0.717) is 25.4 Å². The van der Waals surface area contributed by atoms with E-state index in [2.05, 4.69) is 5.32 Å². The maximum atomic E-state index is 13.0. The largest absolute Gasteiger partial charge is 0.376 e. The van der Waals surface area contributed by atoms with Crippen LogP contribution in [0, 0.1) is 23.2 Å². The van der Waals surface area contributed by atoms with Crippen LogP contribution in [0.15, 0.2) is 53.4 Å². The van der Waals surface area contributed by atoms with E-state index >= 15 is 0 Å². The molecule has 32 heavy (non-hydrogen) atoms. The fraction of sp³-hybridized carbons (Fsp3) is 0.417. The molecule has 168 valence electrons. The minimum absolute atomic E-state index is 0.0196. The Labute approximate surface area is 189 Å². The van der Waals surface area contributed by atoms with Crippen molar-refractivity contribution in [3.8, 4) is 6.07 Å². The number of anilines is 1. The van der Waals surface area contributed by atoms with Crippen LogP contribution >= 0.6 is 0 Å². The molecule has 4 rings (SSSR count). The van der Waals surface area contributed by atoms with Gasteiger partial charge in [-0.2, -0.15) is 9.57 Å². The number of rotatable bonds is 8. The number of amides is 1. The summed E-state index contributed by atoms with van der Waals surface area (Å²) < 4.78 is 33.0. The average Bonchev–Trinajstić information content (AvgIpc) is 3.64. The zero-order valence-corrected chi connectivity index (χ0v) is 18.7. The molecule has 1 aliphatic heterocycles. The van der Waals surface area contributed by atoms with Crippen LogP contribution in [0.4, 0.5) is 5.69 Å². The van der Waals surface area contributed by atoms with Crippen LogP contribution in [0.2, 0.25) is 0 Å². The van der Waals surface area contributed by atoms with Gasteiger partial charge in [-0.3, -0.25) is 4.79 Å². The van der Waals surface area contributed by atoms with E-state index in [1.54, 1.807) is 12.1 Å². The molecule has 1 saturated carbocycles. The normalized spacial score (nSPS) is 17.6. The van der Waals surface area contributed by atoms with Gasteiger partial charge in [0.15, 0.2) is 0 Å². The topological polar surface area (TPSA) is 99.5 Å². The molecule has 2 aromatic carbocycles. The van der Waals surface area contributed by atoms with E-state index in [1.807, 2.05) is 30.3 Å². The second kappa shape index (κ2) is 9.82. The first-order chi connectivity index (χ1) is 15.5. The van der Waals surface area contributed by atoms with Gasteiger partial charge in [-0.05, 0) is 61.4 Å². The Morgan fingerprint density at radius 3 is 2.56 bits per heavy atom. The van der Waals surface area contributed by atoms with Crippen LogP contribution in [0.5, 0.6) is 0 Å². The van der Waals surface area contributed by atoms with E-state index in [4.69, 9.17) is 4.74 Å². The van der Waals surface area contributed by atoms with Gasteiger partial charge in [0, 0.05) is 31.3 Å². The molecule has 2 fully saturated rings. The van der Waals surface area contributed by atoms with Crippen molar-refractivity contribution in [2.45, 2.75) is 37.2 Å². The zero-order chi connectivity index (χ0) is 22.6. The van der Waals surface area contributed by atoms with E-state index in [-0.39, 0.29) is 35.4 Å². The molecule has 2 aliphatic rings. The number of nitriles is 1. The zero-order valence-electron chi connectivity index (χ0n) is 17.9. The van der Waals surface area contributed by atoms with Crippen LogP contribution in [0.1, 0.15) is 36.8 Å². The average molecular weight is 454 g/mol. The number of benzene rings is 2. The predicted octanol–water partition coefficient (Wildman–Crippen LogP) is 3.52. The molecule has 2 aromatic rings. The summed E-state index contributed by atoms with van der Waals surface area (Å²) >= 11 is 0. The lowest BCUT2D eigenvalue weighted by atomic mass is 9.97. The number of ether oxygens (including phenoxy) is 1. The summed E-state index contributed by atoms with van der Waals surface area (Å²) in [4.78, 5) is 12.8. The van der Waals surface area contributed by atoms with Gasteiger partial charge in [0.05, 0.1) is 17.1 Å². The van der Waals surface area contributed by atoms with Crippen LogP contribution in [0.25, 0.3) is 0 Å². The second-order valence-corrected chi connectivity index (χ2v) is 10.3. The number of sulfonamides is 1. The number of carbonyl (C=O) groups is 1. The van der Waals surface area contributed by atoms with Crippen molar-refractivity contribution >= 4 is 21.6 Å². The number of carbonyl (C=O) groups excluding carboxylic acids is 1. The highest BCUT2D eigenvalue weighted by Crippen LogP contribution is 2.29. The van der Waals surface area contributed by atoms with Crippen LogP contribution in [0.3, 0.4) is 0 Å². The third kappa shape index (κ3) is 5.36. The van der Waals surface area contributed by atoms with Gasteiger partial charge in [0.25, 0.3) is 0 Å². The molecule has 0 bridgehead atoms. The van der Waals surface area contributed by atoms with Gasteiger partial charge < -0.3 is 10.1 Å². The quantitative estimate of drug-likeness (QED) is 0.659. The van der Waals surface area contributed by atoms with Gasteiger partial charge >= 0.3 is 0 Å². The van der Waals surface area contributed by atoms with Crippen LogP contribution in [-0.2, 0) is 26.2 Å². The standard InChI is InChI=1S/C24H27N3O4S/c25-15-21-5-1-2-7-23(21)32(29,30)27-12-10-20(11-13-27)24(28)26-22-6-3-4-19(14-22)17-31-16-18-8-9-18/h1-7,14,18,20H,8-13,16-17H2,(H,26,28). The van der Waals surface area contributed by atoms with E-state index < -0.39 is 10.0 Å². The number of nitrogens with zero attached hydrogens (tertiary/aromatic N) is 2. The molecule has 1 aliphatic carbocycles. The molecule has 1 heterocycles. The lowest BCUT2D eigenvalue weighted by Gasteiger charge is -2.30. The highest BCUT2D eigenvalue weighted by molar-refractivity contribution is 7.89. The van der Waals surface area contributed by atoms with Crippen molar-refractivity contribution < 1.29 is 17.9 Å². The molecule has 8 heteroatoms. The molecule has 7 nitrogen and oxygen atoms in total. The fourth-order valence-electron chi connectivity index (χ4n) is 3.89. The molecule has 1 N–H and O–H groups in total. The first-order valence-electron chi connectivity index (χ1n) is 10.9. The number of piperidine rings is 1. The first-order valence-corrected chi connectivity index (χ1v) is 12.4. The minimum atomic E-state index is -3.76. The summed E-state index contributed by atoms with van der Waals surface area (Å²) in [5, 5.41) is 12.2. The molecule has 1 amide bonds. The smallest absolute Gasteiger partial charge is 0.244 e. The van der Waals surface area contributed by atoms with Gasteiger partial charge in [-0.15, -0.1) is 0 Å². The maximum Gasteiger partial charge on any atom is 0.244 e. The van der Waals surface area contributed by atoms with Crippen molar-refractivity contribution in [3.63, 3.8) is 0 Å². The van der Waals surface area contributed by atoms with Crippen LogP contribution in [-0.4, -0.2) is 38.3 Å². The van der Waals surface area contributed by atoms with Gasteiger partial charge in [-0.25, -0.2) is 8.42 Å². The Morgan fingerprint density at radius 1 is 1.09 bits per heavy atom. The minimum Gasteiger partial charge on any atom is -0.376 e. The molecule has 0 radical (unpaired) electrons.